The average Bonchev–Trinajstić information content (AvgIpc) is 2.51. The molecule has 0 aliphatic carbocycles. The summed E-state index contributed by atoms with van der Waals surface area (Å²) in [7, 11) is 3.37. The monoisotopic (exact) mass is 292 g/mol. The molecule has 1 atom stereocenters. The first-order valence-corrected chi connectivity index (χ1v) is 6.96. The van der Waals surface area contributed by atoms with Crippen LogP contribution in [0.2, 0.25) is 0 Å². The molecule has 0 saturated heterocycles. The minimum Gasteiger partial charge on any atom is -0.383 e. The zero-order valence-corrected chi connectivity index (χ0v) is 12.8. The number of carbonyl (C=O) groups excluding carboxylic acids is 1. The molecule has 0 aliphatic heterocycles. The first-order valence-electron chi connectivity index (χ1n) is 6.96. The van der Waals surface area contributed by atoms with Crippen molar-refractivity contribution in [3.05, 3.63) is 35.9 Å². The van der Waals surface area contributed by atoms with Gasteiger partial charge in [-0.1, -0.05) is 18.2 Å². The van der Waals surface area contributed by atoms with Crippen molar-refractivity contribution in [3.8, 4) is 0 Å². The van der Waals surface area contributed by atoms with Crippen molar-refractivity contribution in [2.75, 3.05) is 33.9 Å². The molecular formula is C15H24N4O2. The Kier molecular flexibility index (Phi) is 7.89. The predicted molar refractivity (Wildman–Crippen MR) is 84.6 cm³/mol. The second-order valence-electron chi connectivity index (χ2n) is 4.62. The van der Waals surface area contributed by atoms with Crippen molar-refractivity contribution < 1.29 is 9.53 Å². The van der Waals surface area contributed by atoms with Gasteiger partial charge in [-0.2, -0.15) is 0 Å². The Morgan fingerprint density at radius 3 is 2.52 bits per heavy atom. The maximum absolute atomic E-state index is 11.8. The van der Waals surface area contributed by atoms with E-state index < -0.39 is 0 Å². The van der Waals surface area contributed by atoms with Gasteiger partial charge in [0.25, 0.3) is 5.91 Å². The standard InChI is InChI=1S/C15H24N4O2/c1-12(11-21-3)19-15(16-2)18-10-9-17-14(20)13-7-5-4-6-8-13/h4-8,12H,9-11H2,1-3H3,(H,17,20)(H2,16,18,19). The predicted octanol–water partition coefficient (Wildman–Crippen LogP) is 0.616. The normalized spacial score (nSPS) is 12.6. The van der Waals surface area contributed by atoms with Gasteiger partial charge in [-0.05, 0) is 19.1 Å². The molecule has 21 heavy (non-hydrogen) atoms. The number of rotatable bonds is 7. The number of hydrogen-bond acceptors (Lipinski definition) is 3. The van der Waals surface area contributed by atoms with Gasteiger partial charge in [0.1, 0.15) is 0 Å². The van der Waals surface area contributed by atoms with Gasteiger partial charge in [-0.25, -0.2) is 0 Å². The lowest BCUT2D eigenvalue weighted by atomic mass is 10.2. The maximum Gasteiger partial charge on any atom is 0.251 e. The third-order valence-corrected chi connectivity index (χ3v) is 2.76. The van der Waals surface area contributed by atoms with Crippen LogP contribution in [0.1, 0.15) is 17.3 Å². The first kappa shape index (κ1) is 17.0. The number of benzene rings is 1. The Labute approximate surface area is 126 Å². The van der Waals surface area contributed by atoms with E-state index in [0.717, 1.165) is 0 Å². The van der Waals surface area contributed by atoms with Gasteiger partial charge in [0.15, 0.2) is 5.96 Å². The minimum absolute atomic E-state index is 0.0758. The van der Waals surface area contributed by atoms with Crippen LogP contribution >= 0.6 is 0 Å². The van der Waals surface area contributed by atoms with E-state index in [1.54, 1.807) is 26.3 Å². The molecule has 1 amide bonds. The van der Waals surface area contributed by atoms with Crippen molar-refractivity contribution >= 4 is 11.9 Å². The highest BCUT2D eigenvalue weighted by atomic mass is 16.5. The van der Waals surface area contributed by atoms with E-state index >= 15 is 0 Å². The molecule has 1 unspecified atom stereocenters. The molecule has 0 bridgehead atoms. The topological polar surface area (TPSA) is 74.8 Å². The lowest BCUT2D eigenvalue weighted by Crippen LogP contribution is -2.46. The Morgan fingerprint density at radius 1 is 1.24 bits per heavy atom. The van der Waals surface area contributed by atoms with Gasteiger partial charge >= 0.3 is 0 Å². The summed E-state index contributed by atoms with van der Waals surface area (Å²) in [5, 5.41) is 9.17. The van der Waals surface area contributed by atoms with Crippen molar-refractivity contribution in [2.45, 2.75) is 13.0 Å². The lowest BCUT2D eigenvalue weighted by molar-refractivity contribution is 0.0954. The number of guanidine groups is 1. The van der Waals surface area contributed by atoms with Crippen LogP contribution in [-0.2, 0) is 4.74 Å². The minimum atomic E-state index is -0.0758. The number of aliphatic imine (C=N–C) groups is 1. The average molecular weight is 292 g/mol. The van der Waals surface area contributed by atoms with E-state index in [9.17, 15) is 4.79 Å². The summed E-state index contributed by atoms with van der Waals surface area (Å²) in [6, 6.07) is 9.31. The second kappa shape index (κ2) is 9.77. The van der Waals surface area contributed by atoms with Crippen LogP contribution in [0.3, 0.4) is 0 Å². The van der Waals surface area contributed by atoms with Gasteiger partial charge in [0.05, 0.1) is 6.61 Å². The molecule has 6 nitrogen and oxygen atoms in total. The van der Waals surface area contributed by atoms with Crippen LogP contribution in [0.4, 0.5) is 0 Å². The Hall–Kier alpha value is -2.08. The first-order chi connectivity index (χ1) is 10.2. The molecule has 0 aliphatic rings. The zero-order valence-electron chi connectivity index (χ0n) is 12.8. The highest BCUT2D eigenvalue weighted by molar-refractivity contribution is 5.94. The summed E-state index contributed by atoms with van der Waals surface area (Å²) in [5.41, 5.74) is 0.661. The Morgan fingerprint density at radius 2 is 1.90 bits per heavy atom. The number of ether oxygens (including phenoxy) is 1. The Bertz CT molecular complexity index is 448. The van der Waals surface area contributed by atoms with Crippen LogP contribution in [-0.4, -0.2) is 51.8 Å². The van der Waals surface area contributed by atoms with Crippen molar-refractivity contribution in [2.24, 2.45) is 4.99 Å². The number of hydrogen-bond donors (Lipinski definition) is 3. The molecule has 6 heteroatoms. The fraction of sp³-hybridized carbons (Fsp3) is 0.467. The molecule has 0 radical (unpaired) electrons. The summed E-state index contributed by atoms with van der Waals surface area (Å²) >= 11 is 0. The highest BCUT2D eigenvalue weighted by Crippen LogP contribution is 1.96. The summed E-state index contributed by atoms with van der Waals surface area (Å²) in [5.74, 6) is 0.613. The second-order valence-corrected chi connectivity index (χ2v) is 4.62. The van der Waals surface area contributed by atoms with Crippen molar-refractivity contribution in [1.29, 1.82) is 0 Å². The molecule has 0 saturated carbocycles. The number of nitrogens with one attached hydrogen (secondary N) is 3. The molecule has 1 rings (SSSR count). The zero-order chi connectivity index (χ0) is 15.5. The van der Waals surface area contributed by atoms with Crippen LogP contribution < -0.4 is 16.0 Å². The van der Waals surface area contributed by atoms with Crippen LogP contribution in [0.15, 0.2) is 35.3 Å². The molecule has 0 spiro atoms. The van der Waals surface area contributed by atoms with E-state index in [1.165, 1.54) is 0 Å². The van der Waals surface area contributed by atoms with Gasteiger partial charge in [-0.15, -0.1) is 0 Å². The summed E-state index contributed by atoms with van der Waals surface area (Å²) in [6.07, 6.45) is 0. The fourth-order valence-corrected chi connectivity index (χ4v) is 1.77. The van der Waals surface area contributed by atoms with E-state index in [4.69, 9.17) is 4.74 Å². The van der Waals surface area contributed by atoms with Gasteiger partial charge in [0.2, 0.25) is 0 Å². The SMILES string of the molecule is CN=C(NCCNC(=O)c1ccccc1)NC(C)COC. The highest BCUT2D eigenvalue weighted by Gasteiger charge is 2.05. The smallest absolute Gasteiger partial charge is 0.251 e. The van der Waals surface area contributed by atoms with Crippen LogP contribution in [0.25, 0.3) is 0 Å². The fourth-order valence-electron chi connectivity index (χ4n) is 1.77. The van der Waals surface area contributed by atoms with Crippen molar-refractivity contribution in [3.63, 3.8) is 0 Å². The summed E-state index contributed by atoms with van der Waals surface area (Å²) in [4.78, 5) is 15.9. The van der Waals surface area contributed by atoms with Gasteiger partial charge < -0.3 is 20.7 Å². The summed E-state index contributed by atoms with van der Waals surface area (Å²) in [6.45, 7) is 3.73. The molecule has 3 N–H and O–H groups in total. The molecule has 116 valence electrons. The van der Waals surface area contributed by atoms with Crippen LogP contribution in [0, 0.1) is 0 Å². The Balaban J connectivity index is 2.25. The van der Waals surface area contributed by atoms with Crippen LogP contribution in [0.5, 0.6) is 0 Å². The molecule has 1 aromatic carbocycles. The lowest BCUT2D eigenvalue weighted by Gasteiger charge is -2.17. The third-order valence-electron chi connectivity index (χ3n) is 2.76. The number of carbonyl (C=O) groups is 1. The number of amides is 1. The molecule has 0 fully saturated rings. The van der Waals surface area contributed by atoms with Crippen molar-refractivity contribution in [1.82, 2.24) is 16.0 Å². The van der Waals surface area contributed by atoms with E-state index in [-0.39, 0.29) is 11.9 Å². The molecular weight excluding hydrogens is 268 g/mol. The van der Waals surface area contributed by atoms with Gasteiger partial charge in [-0.3, -0.25) is 9.79 Å². The molecule has 0 aromatic heterocycles. The third kappa shape index (κ3) is 6.76. The number of methoxy groups -OCH3 is 1. The van der Waals surface area contributed by atoms with E-state index in [2.05, 4.69) is 20.9 Å². The largest absolute Gasteiger partial charge is 0.383 e. The maximum atomic E-state index is 11.8. The molecule has 0 heterocycles. The molecule has 1 aromatic rings. The number of nitrogens with zero attached hydrogens (tertiary/aromatic N) is 1. The summed E-state index contributed by atoms with van der Waals surface area (Å²) < 4.78 is 5.05. The quantitative estimate of drug-likeness (QED) is 0.391. The van der Waals surface area contributed by atoms with Gasteiger partial charge in [0, 0.05) is 38.9 Å². The van der Waals surface area contributed by atoms with E-state index in [1.807, 2.05) is 25.1 Å². The van der Waals surface area contributed by atoms with E-state index in [0.29, 0.717) is 31.2 Å².